The van der Waals surface area contributed by atoms with Crippen LogP contribution in [0.1, 0.15) is 43.1 Å². The molecule has 30 heavy (non-hydrogen) atoms. The molecule has 0 aliphatic heterocycles. The van der Waals surface area contributed by atoms with Crippen molar-refractivity contribution in [1.29, 1.82) is 0 Å². The molecule has 1 aromatic heterocycles. The summed E-state index contributed by atoms with van der Waals surface area (Å²) in [6.07, 6.45) is 1.13. The van der Waals surface area contributed by atoms with Gasteiger partial charge in [0.05, 0.1) is 29.3 Å². The summed E-state index contributed by atoms with van der Waals surface area (Å²) in [5.74, 6) is 0.528. The number of carbonyl (C=O) groups excluding carboxylic acids is 1. The van der Waals surface area contributed by atoms with Crippen molar-refractivity contribution in [2.24, 2.45) is 0 Å². The zero-order valence-electron chi connectivity index (χ0n) is 17.6. The highest BCUT2D eigenvalue weighted by Crippen LogP contribution is 2.28. The van der Waals surface area contributed by atoms with E-state index >= 15 is 0 Å². The minimum Gasteiger partial charge on any atom is -0.462 e. The van der Waals surface area contributed by atoms with Crippen LogP contribution in [0.15, 0.2) is 47.6 Å². The fraction of sp³-hybridized carbons (Fsp3) is 0.391. The Morgan fingerprint density at radius 2 is 2.07 bits per heavy atom. The fourth-order valence-electron chi connectivity index (χ4n) is 3.09. The maximum Gasteiger partial charge on any atom is 0.338 e. The number of imidazole rings is 1. The molecule has 0 saturated carbocycles. The summed E-state index contributed by atoms with van der Waals surface area (Å²) in [4.78, 5) is 17.0. The van der Waals surface area contributed by atoms with Gasteiger partial charge >= 0.3 is 5.97 Å². The highest BCUT2D eigenvalue weighted by atomic mass is 127. The number of ether oxygens (including phenoxy) is 2. The Balaban J connectivity index is 1.85. The van der Waals surface area contributed by atoms with Crippen molar-refractivity contribution < 1.29 is 14.3 Å². The van der Waals surface area contributed by atoms with Gasteiger partial charge in [-0.15, -0.1) is 0 Å². The van der Waals surface area contributed by atoms with Crippen LogP contribution in [0.5, 0.6) is 0 Å². The summed E-state index contributed by atoms with van der Waals surface area (Å²) in [7, 11) is 0. The van der Waals surface area contributed by atoms with Crippen LogP contribution < -0.4 is 0 Å². The first-order valence-electron chi connectivity index (χ1n) is 10.1. The van der Waals surface area contributed by atoms with Crippen molar-refractivity contribution in [2.45, 2.75) is 50.8 Å². The first-order chi connectivity index (χ1) is 14.5. The number of hydrogen-bond donors (Lipinski definition) is 0. The highest BCUT2D eigenvalue weighted by Gasteiger charge is 2.15. The number of carbonyl (C=O) groups is 1. The summed E-state index contributed by atoms with van der Waals surface area (Å²) in [5.41, 5.74) is 3.64. The summed E-state index contributed by atoms with van der Waals surface area (Å²) in [6, 6.07) is 14.1. The Hall–Kier alpha value is -1.58. The first-order valence-corrected chi connectivity index (χ1v) is 12.2. The Bertz CT molecular complexity index is 1000. The molecule has 3 aromatic rings. The molecule has 1 heterocycles. The first kappa shape index (κ1) is 23.1. The average Bonchev–Trinajstić information content (AvgIpc) is 3.06. The number of benzene rings is 2. The van der Waals surface area contributed by atoms with Crippen molar-refractivity contribution >= 4 is 51.4 Å². The van der Waals surface area contributed by atoms with E-state index in [1.807, 2.05) is 39.0 Å². The molecule has 0 aliphatic rings. The third-order valence-electron chi connectivity index (χ3n) is 4.46. The second-order valence-electron chi connectivity index (χ2n) is 7.16. The van der Waals surface area contributed by atoms with Crippen molar-refractivity contribution in [1.82, 2.24) is 9.55 Å². The molecular weight excluding hydrogens is 511 g/mol. The Labute approximate surface area is 195 Å². The standard InChI is InChI=1S/C23H27IN2O3S/c1-4-28-22(27)18-9-10-21-20(14-18)25-23(26(21)11-6-12-29-16(2)3)30-15-17-7-5-8-19(24)13-17/h5,7-10,13-14,16H,4,6,11-12,15H2,1-3H3. The smallest absolute Gasteiger partial charge is 0.338 e. The Morgan fingerprint density at radius 1 is 1.23 bits per heavy atom. The topological polar surface area (TPSA) is 53.3 Å². The minimum absolute atomic E-state index is 0.228. The third kappa shape index (κ3) is 6.21. The van der Waals surface area contributed by atoms with Gasteiger partial charge in [0, 0.05) is 22.5 Å². The molecule has 0 unspecified atom stereocenters. The van der Waals surface area contributed by atoms with E-state index in [-0.39, 0.29) is 12.1 Å². The van der Waals surface area contributed by atoms with Gasteiger partial charge in [-0.25, -0.2) is 9.78 Å². The Kier molecular flexibility index (Phi) is 8.59. The van der Waals surface area contributed by atoms with Crippen LogP contribution in [0.2, 0.25) is 0 Å². The van der Waals surface area contributed by atoms with Crippen LogP contribution in [0.3, 0.4) is 0 Å². The molecule has 5 nitrogen and oxygen atoms in total. The lowest BCUT2D eigenvalue weighted by atomic mass is 10.2. The van der Waals surface area contributed by atoms with Crippen LogP contribution in [0.4, 0.5) is 0 Å². The lowest BCUT2D eigenvalue weighted by Crippen LogP contribution is -2.08. The van der Waals surface area contributed by atoms with Gasteiger partial charge in [-0.3, -0.25) is 0 Å². The van der Waals surface area contributed by atoms with Crippen molar-refractivity contribution in [2.75, 3.05) is 13.2 Å². The molecule has 7 heteroatoms. The molecule has 2 aromatic carbocycles. The molecule has 0 saturated heterocycles. The van der Waals surface area contributed by atoms with Crippen LogP contribution in [0, 0.1) is 3.57 Å². The minimum atomic E-state index is -0.313. The van der Waals surface area contributed by atoms with Crippen LogP contribution >= 0.6 is 34.4 Å². The van der Waals surface area contributed by atoms with E-state index in [1.54, 1.807) is 11.8 Å². The van der Waals surface area contributed by atoms with E-state index in [9.17, 15) is 4.79 Å². The average molecular weight is 538 g/mol. The SMILES string of the molecule is CCOC(=O)c1ccc2c(c1)nc(SCc1cccc(I)c1)n2CCCOC(C)C. The summed E-state index contributed by atoms with van der Waals surface area (Å²) in [6.45, 7) is 7.79. The van der Waals surface area contributed by atoms with Gasteiger partial charge in [-0.2, -0.15) is 0 Å². The van der Waals surface area contributed by atoms with Gasteiger partial charge in [0.2, 0.25) is 0 Å². The molecule has 0 atom stereocenters. The van der Waals surface area contributed by atoms with E-state index in [0.29, 0.717) is 18.8 Å². The number of aromatic nitrogens is 2. The van der Waals surface area contributed by atoms with Crippen molar-refractivity contribution in [3.8, 4) is 0 Å². The van der Waals surface area contributed by atoms with Gasteiger partial charge < -0.3 is 14.0 Å². The number of hydrogen-bond acceptors (Lipinski definition) is 5. The van der Waals surface area contributed by atoms with E-state index in [2.05, 4.69) is 51.4 Å². The number of aryl methyl sites for hydroxylation is 1. The van der Waals surface area contributed by atoms with Gasteiger partial charge in [-0.05, 0) is 85.7 Å². The molecular formula is C23H27IN2O3S. The largest absolute Gasteiger partial charge is 0.462 e. The number of fused-ring (bicyclic) bond motifs is 1. The molecule has 0 N–H and O–H groups in total. The summed E-state index contributed by atoms with van der Waals surface area (Å²) in [5, 5.41) is 0.953. The number of rotatable bonds is 10. The molecule has 160 valence electrons. The second-order valence-corrected chi connectivity index (χ2v) is 9.35. The van der Waals surface area contributed by atoms with Crippen molar-refractivity contribution in [3.63, 3.8) is 0 Å². The highest BCUT2D eigenvalue weighted by molar-refractivity contribution is 14.1. The molecule has 0 aliphatic carbocycles. The van der Waals surface area contributed by atoms with Crippen LogP contribution in [-0.2, 0) is 21.8 Å². The number of nitrogens with zero attached hydrogens (tertiary/aromatic N) is 2. The normalized spacial score (nSPS) is 11.4. The summed E-state index contributed by atoms with van der Waals surface area (Å²) >= 11 is 4.05. The van der Waals surface area contributed by atoms with E-state index in [1.165, 1.54) is 9.13 Å². The van der Waals surface area contributed by atoms with E-state index in [4.69, 9.17) is 14.5 Å². The molecule has 0 fully saturated rings. The number of thioether (sulfide) groups is 1. The third-order valence-corrected chi connectivity index (χ3v) is 6.18. The quantitative estimate of drug-likeness (QED) is 0.139. The molecule has 0 amide bonds. The lowest BCUT2D eigenvalue weighted by Gasteiger charge is -2.11. The maximum absolute atomic E-state index is 12.1. The monoisotopic (exact) mass is 538 g/mol. The maximum atomic E-state index is 12.1. The zero-order valence-corrected chi connectivity index (χ0v) is 20.5. The van der Waals surface area contributed by atoms with Gasteiger partial charge in [0.25, 0.3) is 0 Å². The predicted molar refractivity (Wildman–Crippen MR) is 130 cm³/mol. The summed E-state index contributed by atoms with van der Waals surface area (Å²) < 4.78 is 14.3. The predicted octanol–water partition coefficient (Wildman–Crippen LogP) is 5.93. The van der Waals surface area contributed by atoms with Gasteiger partial charge in [-0.1, -0.05) is 23.9 Å². The van der Waals surface area contributed by atoms with Crippen molar-refractivity contribution in [3.05, 3.63) is 57.2 Å². The molecule has 0 bridgehead atoms. The van der Waals surface area contributed by atoms with Gasteiger partial charge in [0.15, 0.2) is 5.16 Å². The second kappa shape index (κ2) is 11.2. The van der Waals surface area contributed by atoms with E-state index < -0.39 is 0 Å². The van der Waals surface area contributed by atoms with Gasteiger partial charge in [0.1, 0.15) is 0 Å². The number of esters is 1. The lowest BCUT2D eigenvalue weighted by molar-refractivity contribution is 0.0526. The van der Waals surface area contributed by atoms with E-state index in [0.717, 1.165) is 34.9 Å². The molecule has 0 radical (unpaired) electrons. The molecule has 0 spiro atoms. The molecule has 3 rings (SSSR count). The van der Waals surface area contributed by atoms with Crippen LogP contribution in [0.25, 0.3) is 11.0 Å². The number of halogens is 1. The van der Waals surface area contributed by atoms with Crippen LogP contribution in [-0.4, -0.2) is 34.8 Å². The zero-order chi connectivity index (χ0) is 21.5. The fourth-order valence-corrected chi connectivity index (χ4v) is 4.68. The Morgan fingerprint density at radius 3 is 2.80 bits per heavy atom.